The molecule has 4 nitrogen and oxygen atoms in total. The number of halogens is 5. The third kappa shape index (κ3) is 2.48. The largest absolute Gasteiger partial charge is 0.421 e. The molecule has 0 amide bonds. The fraction of sp³-hybridized carbons (Fsp3) is 1.00. The van der Waals surface area contributed by atoms with Gasteiger partial charge in [0.2, 0.25) is 6.10 Å². The lowest BCUT2D eigenvalue weighted by molar-refractivity contribution is -0.248. The summed E-state index contributed by atoms with van der Waals surface area (Å²) >= 11 is 0. The van der Waals surface area contributed by atoms with Gasteiger partial charge < -0.3 is 5.11 Å². The highest BCUT2D eigenvalue weighted by Crippen LogP contribution is 2.35. The first-order chi connectivity index (χ1) is 5.40. The van der Waals surface area contributed by atoms with Gasteiger partial charge in [0, 0.05) is 0 Å². The molecule has 13 heavy (non-hydrogen) atoms. The second-order valence-corrected chi connectivity index (χ2v) is 3.48. The van der Waals surface area contributed by atoms with Gasteiger partial charge in [-0.1, -0.05) is 0 Å². The average Bonchev–Trinajstić information content (AvgIpc) is 1.81. The van der Waals surface area contributed by atoms with E-state index in [9.17, 15) is 30.4 Å². The van der Waals surface area contributed by atoms with Gasteiger partial charge in [0.05, 0.1) is 0 Å². The van der Waals surface area contributed by atoms with Crippen LogP contribution in [-0.4, -0.2) is 35.6 Å². The fourth-order valence-corrected chi connectivity index (χ4v) is 0.747. The van der Waals surface area contributed by atoms with Crippen LogP contribution in [0, 0.1) is 0 Å². The van der Waals surface area contributed by atoms with Crippen molar-refractivity contribution in [1.82, 2.24) is 0 Å². The summed E-state index contributed by atoms with van der Waals surface area (Å²) in [4.78, 5) is 0. The van der Waals surface area contributed by atoms with Crippen LogP contribution in [-0.2, 0) is 10.1 Å². The zero-order chi connectivity index (χ0) is 11.1. The first kappa shape index (κ1) is 12.5. The van der Waals surface area contributed by atoms with E-state index in [0.29, 0.717) is 0 Å². The van der Waals surface area contributed by atoms with Crippen LogP contribution < -0.4 is 0 Å². The third-order valence-electron chi connectivity index (χ3n) is 0.972. The number of aliphatic hydroxyl groups is 1. The van der Waals surface area contributed by atoms with Crippen molar-refractivity contribution in [3.05, 3.63) is 0 Å². The summed E-state index contributed by atoms with van der Waals surface area (Å²) in [7, 11) is -6.29. The SMILES string of the molecule is O=S(=O)(O)C(F)(F)[C@H](O)C(F)(F)F. The van der Waals surface area contributed by atoms with Crippen LogP contribution in [0.2, 0.25) is 0 Å². The van der Waals surface area contributed by atoms with Gasteiger partial charge in [0.1, 0.15) is 0 Å². The lowest BCUT2D eigenvalue weighted by atomic mass is 10.4. The molecule has 0 aromatic rings. The monoisotopic (exact) mass is 230 g/mol. The Bertz CT molecular complexity index is 279. The van der Waals surface area contributed by atoms with E-state index in [-0.39, 0.29) is 0 Å². The van der Waals surface area contributed by atoms with E-state index in [1.807, 2.05) is 0 Å². The Morgan fingerprint density at radius 3 is 1.46 bits per heavy atom. The Morgan fingerprint density at radius 2 is 1.38 bits per heavy atom. The zero-order valence-electron chi connectivity index (χ0n) is 5.59. The number of hydrogen-bond acceptors (Lipinski definition) is 3. The molecule has 0 bridgehead atoms. The predicted molar refractivity (Wildman–Crippen MR) is 28.6 cm³/mol. The standard InChI is InChI=1S/C3H3F5O4S/c4-2(5,6)1(9)3(7,8)13(10,11)12/h1,9H,(H,10,11,12)/t1-/m1/s1. The highest BCUT2D eigenvalue weighted by atomic mass is 32.2. The van der Waals surface area contributed by atoms with Gasteiger partial charge >= 0.3 is 21.5 Å². The van der Waals surface area contributed by atoms with E-state index < -0.39 is 27.7 Å². The average molecular weight is 230 g/mol. The first-order valence-electron chi connectivity index (χ1n) is 2.50. The van der Waals surface area contributed by atoms with Crippen molar-refractivity contribution in [3.8, 4) is 0 Å². The first-order valence-corrected chi connectivity index (χ1v) is 3.94. The minimum Gasteiger partial charge on any atom is -0.378 e. The van der Waals surface area contributed by atoms with Crippen LogP contribution in [0.4, 0.5) is 22.0 Å². The molecule has 0 spiro atoms. The molecule has 0 heterocycles. The summed E-state index contributed by atoms with van der Waals surface area (Å²) in [6.45, 7) is 0. The van der Waals surface area contributed by atoms with Gasteiger partial charge in [-0.15, -0.1) is 0 Å². The molecule has 2 N–H and O–H groups in total. The summed E-state index contributed by atoms with van der Waals surface area (Å²) in [5.41, 5.74) is 0. The quantitative estimate of drug-likeness (QED) is 0.531. The highest BCUT2D eigenvalue weighted by molar-refractivity contribution is 7.86. The fourth-order valence-electron chi connectivity index (χ4n) is 0.332. The van der Waals surface area contributed by atoms with Crippen molar-refractivity contribution in [2.75, 3.05) is 0 Å². The molecule has 0 saturated heterocycles. The van der Waals surface area contributed by atoms with E-state index >= 15 is 0 Å². The smallest absolute Gasteiger partial charge is 0.378 e. The minimum atomic E-state index is -6.29. The van der Waals surface area contributed by atoms with Crippen molar-refractivity contribution < 1.29 is 40.0 Å². The molecule has 0 aliphatic rings. The lowest BCUT2D eigenvalue weighted by Gasteiger charge is -2.21. The van der Waals surface area contributed by atoms with Crippen molar-refractivity contribution in [3.63, 3.8) is 0 Å². The van der Waals surface area contributed by atoms with Gasteiger partial charge in [-0.2, -0.15) is 30.4 Å². The molecule has 10 heteroatoms. The molecule has 0 aromatic heterocycles. The molecule has 0 fully saturated rings. The molecule has 0 rings (SSSR count). The van der Waals surface area contributed by atoms with Crippen molar-refractivity contribution >= 4 is 10.1 Å². The Balaban J connectivity index is 5.09. The van der Waals surface area contributed by atoms with E-state index in [2.05, 4.69) is 0 Å². The van der Waals surface area contributed by atoms with Gasteiger partial charge in [-0.25, -0.2) is 0 Å². The summed E-state index contributed by atoms with van der Waals surface area (Å²) in [6, 6.07) is 0. The molecule has 0 aliphatic heterocycles. The predicted octanol–water partition coefficient (Wildman–Crippen LogP) is 0.390. The molecular weight excluding hydrogens is 227 g/mol. The Morgan fingerprint density at radius 1 is 1.08 bits per heavy atom. The van der Waals surface area contributed by atoms with Gasteiger partial charge in [0.25, 0.3) is 0 Å². The maximum absolute atomic E-state index is 12.0. The molecule has 80 valence electrons. The Kier molecular flexibility index (Phi) is 2.92. The van der Waals surface area contributed by atoms with Crippen LogP contribution >= 0.6 is 0 Å². The molecular formula is C3H3F5O4S. The summed E-state index contributed by atoms with van der Waals surface area (Å²) in [6.07, 6.45) is -10.3. The second-order valence-electron chi connectivity index (χ2n) is 1.98. The normalized spacial score (nSPS) is 17.2. The van der Waals surface area contributed by atoms with Gasteiger partial charge in [0.15, 0.2) is 0 Å². The highest BCUT2D eigenvalue weighted by Gasteiger charge is 2.62. The van der Waals surface area contributed by atoms with Crippen LogP contribution in [0.1, 0.15) is 0 Å². The maximum atomic E-state index is 12.0. The maximum Gasteiger partial charge on any atom is 0.421 e. The lowest BCUT2D eigenvalue weighted by Crippen LogP contribution is -2.49. The summed E-state index contributed by atoms with van der Waals surface area (Å²) < 4.78 is 85.1. The summed E-state index contributed by atoms with van der Waals surface area (Å²) in [5.74, 6) is 0. The van der Waals surface area contributed by atoms with Crippen LogP contribution in [0.15, 0.2) is 0 Å². The Labute approximate surface area is 68.7 Å². The van der Waals surface area contributed by atoms with E-state index in [4.69, 9.17) is 9.66 Å². The van der Waals surface area contributed by atoms with E-state index in [0.717, 1.165) is 0 Å². The number of aliphatic hydroxyl groups excluding tert-OH is 1. The van der Waals surface area contributed by atoms with E-state index in [1.54, 1.807) is 0 Å². The van der Waals surface area contributed by atoms with Gasteiger partial charge in [-0.3, -0.25) is 4.55 Å². The summed E-state index contributed by atoms with van der Waals surface area (Å²) in [5, 5.41) is 2.17. The molecule has 0 radical (unpaired) electrons. The number of hydrogen-bond donors (Lipinski definition) is 2. The minimum absolute atomic E-state index is 4.45. The number of rotatable bonds is 2. The molecule has 0 saturated carbocycles. The second kappa shape index (κ2) is 3.03. The molecule has 0 unspecified atom stereocenters. The van der Waals surface area contributed by atoms with Crippen LogP contribution in [0.25, 0.3) is 0 Å². The van der Waals surface area contributed by atoms with E-state index in [1.165, 1.54) is 0 Å². The topological polar surface area (TPSA) is 74.6 Å². The molecule has 0 aromatic carbocycles. The number of alkyl halides is 5. The van der Waals surface area contributed by atoms with Crippen molar-refractivity contribution in [1.29, 1.82) is 0 Å². The third-order valence-corrected chi connectivity index (χ3v) is 1.88. The Hall–Kier alpha value is -0.480. The van der Waals surface area contributed by atoms with Gasteiger partial charge in [-0.05, 0) is 0 Å². The van der Waals surface area contributed by atoms with Crippen molar-refractivity contribution in [2.45, 2.75) is 17.5 Å². The zero-order valence-corrected chi connectivity index (χ0v) is 6.40. The van der Waals surface area contributed by atoms with Crippen LogP contribution in [0.3, 0.4) is 0 Å². The van der Waals surface area contributed by atoms with Crippen LogP contribution in [0.5, 0.6) is 0 Å². The van der Waals surface area contributed by atoms with Crippen molar-refractivity contribution in [2.24, 2.45) is 0 Å². The molecule has 1 atom stereocenters. The molecule has 0 aliphatic carbocycles.